The normalized spacial score (nSPS) is 11.9. The van der Waals surface area contributed by atoms with E-state index < -0.39 is 0 Å². The molecule has 4 nitrogen and oxygen atoms in total. The monoisotopic (exact) mass is 269 g/mol. The first-order chi connectivity index (χ1) is 7.27. The van der Waals surface area contributed by atoms with Gasteiger partial charge in [-0.15, -0.1) is 0 Å². The lowest BCUT2D eigenvalue weighted by Crippen LogP contribution is -1.96. The molecule has 1 unspecified atom stereocenters. The van der Waals surface area contributed by atoms with Gasteiger partial charge in [-0.3, -0.25) is 0 Å². The van der Waals surface area contributed by atoms with Gasteiger partial charge in [0.1, 0.15) is 0 Å². The first-order valence-corrected chi connectivity index (χ1v) is 5.47. The summed E-state index contributed by atoms with van der Waals surface area (Å²) in [4.78, 5) is 2.82. The molecule has 0 aliphatic rings. The van der Waals surface area contributed by atoms with Crippen molar-refractivity contribution in [2.24, 2.45) is 5.11 Å². The van der Waals surface area contributed by atoms with E-state index in [0.29, 0.717) is 12.8 Å². The Morgan fingerprint density at radius 3 is 2.60 bits per heavy atom. The Bertz CT molecular complexity index is 346. The molecular weight excluding hydrogens is 258 g/mol. The van der Waals surface area contributed by atoms with E-state index in [0.717, 1.165) is 10.0 Å². The molecule has 0 spiro atoms. The minimum Gasteiger partial charge on any atom is -0.396 e. The van der Waals surface area contributed by atoms with Gasteiger partial charge in [0.25, 0.3) is 0 Å². The fraction of sp³-hybridized carbons (Fsp3) is 0.400. The second kappa shape index (κ2) is 6.45. The van der Waals surface area contributed by atoms with Gasteiger partial charge in [0.2, 0.25) is 0 Å². The highest BCUT2D eigenvalue weighted by atomic mass is 79.9. The van der Waals surface area contributed by atoms with E-state index in [4.69, 9.17) is 10.6 Å². The maximum absolute atomic E-state index is 8.73. The molecule has 1 aromatic rings. The summed E-state index contributed by atoms with van der Waals surface area (Å²) < 4.78 is 0.994. The Balaban J connectivity index is 2.78. The number of hydrogen-bond donors (Lipinski definition) is 1. The molecule has 0 heterocycles. The summed E-state index contributed by atoms with van der Waals surface area (Å²) in [5.41, 5.74) is 9.41. The van der Waals surface area contributed by atoms with Gasteiger partial charge in [0.15, 0.2) is 0 Å². The van der Waals surface area contributed by atoms with Crippen molar-refractivity contribution in [3.8, 4) is 0 Å². The molecule has 0 aliphatic heterocycles. The van der Waals surface area contributed by atoms with Gasteiger partial charge in [0, 0.05) is 16.0 Å². The summed E-state index contributed by atoms with van der Waals surface area (Å²) in [6, 6.07) is 7.47. The lowest BCUT2D eigenvalue weighted by atomic mass is 10.0. The fourth-order valence-corrected chi connectivity index (χ4v) is 1.59. The molecule has 1 aromatic carbocycles. The smallest absolute Gasteiger partial charge is 0.0626 e. The fourth-order valence-electron chi connectivity index (χ4n) is 1.32. The van der Waals surface area contributed by atoms with Crippen molar-refractivity contribution in [1.82, 2.24) is 0 Å². The van der Waals surface area contributed by atoms with E-state index in [1.54, 1.807) is 0 Å². The molecule has 0 aromatic heterocycles. The minimum atomic E-state index is -0.185. The standard InChI is InChI=1S/C10H12BrN3O/c11-9-5-3-8(4-6-9)10(13-14-12)2-1-7-15/h3-6,10,15H,1-2,7H2. The highest BCUT2D eigenvalue weighted by molar-refractivity contribution is 9.10. The SMILES string of the molecule is [N-]=[N+]=NC(CCCO)c1ccc(Br)cc1. The Kier molecular flexibility index (Phi) is 5.18. The average molecular weight is 270 g/mol. The molecule has 1 atom stereocenters. The molecular formula is C10H12BrN3O. The third-order valence-electron chi connectivity index (χ3n) is 2.08. The molecule has 0 fully saturated rings. The molecule has 15 heavy (non-hydrogen) atoms. The van der Waals surface area contributed by atoms with Gasteiger partial charge in [-0.25, -0.2) is 0 Å². The van der Waals surface area contributed by atoms with Crippen LogP contribution >= 0.6 is 15.9 Å². The molecule has 0 amide bonds. The van der Waals surface area contributed by atoms with Gasteiger partial charge in [-0.1, -0.05) is 33.2 Å². The van der Waals surface area contributed by atoms with Crippen molar-refractivity contribution in [3.05, 3.63) is 44.7 Å². The third-order valence-corrected chi connectivity index (χ3v) is 2.61. The van der Waals surface area contributed by atoms with Crippen LogP contribution in [0.25, 0.3) is 10.4 Å². The number of halogens is 1. The summed E-state index contributed by atoms with van der Waals surface area (Å²) in [6.07, 6.45) is 1.31. The van der Waals surface area contributed by atoms with E-state index in [9.17, 15) is 0 Å². The highest BCUT2D eigenvalue weighted by Gasteiger charge is 2.08. The number of azide groups is 1. The molecule has 0 aliphatic carbocycles. The number of rotatable bonds is 5. The Hall–Kier alpha value is -1.03. The summed E-state index contributed by atoms with van der Waals surface area (Å²) in [7, 11) is 0. The van der Waals surface area contributed by atoms with Crippen LogP contribution in [-0.4, -0.2) is 11.7 Å². The molecule has 5 heteroatoms. The van der Waals surface area contributed by atoms with Crippen LogP contribution in [0.1, 0.15) is 24.4 Å². The van der Waals surface area contributed by atoms with Crippen molar-refractivity contribution in [1.29, 1.82) is 0 Å². The predicted octanol–water partition coefficient (Wildman–Crippen LogP) is 3.57. The second-order valence-corrected chi connectivity index (χ2v) is 4.05. The Morgan fingerprint density at radius 1 is 1.40 bits per heavy atom. The molecule has 0 bridgehead atoms. The summed E-state index contributed by atoms with van der Waals surface area (Å²) in [5.74, 6) is 0. The van der Waals surface area contributed by atoms with Crippen molar-refractivity contribution in [2.75, 3.05) is 6.61 Å². The molecule has 80 valence electrons. The number of nitrogens with zero attached hydrogens (tertiary/aromatic N) is 3. The zero-order valence-electron chi connectivity index (χ0n) is 8.17. The minimum absolute atomic E-state index is 0.119. The van der Waals surface area contributed by atoms with E-state index in [1.165, 1.54) is 0 Å². The lowest BCUT2D eigenvalue weighted by Gasteiger charge is -2.10. The predicted molar refractivity (Wildman–Crippen MR) is 62.3 cm³/mol. The first kappa shape index (κ1) is 12.0. The number of hydrogen-bond acceptors (Lipinski definition) is 2. The summed E-state index contributed by atoms with van der Waals surface area (Å²) in [5, 5.41) is 12.4. The largest absolute Gasteiger partial charge is 0.396 e. The maximum atomic E-state index is 8.73. The number of benzene rings is 1. The Morgan fingerprint density at radius 2 is 2.07 bits per heavy atom. The van der Waals surface area contributed by atoms with Gasteiger partial charge < -0.3 is 5.11 Å². The summed E-state index contributed by atoms with van der Waals surface area (Å²) >= 11 is 3.34. The quantitative estimate of drug-likeness (QED) is 0.496. The third kappa shape index (κ3) is 3.91. The lowest BCUT2D eigenvalue weighted by molar-refractivity contribution is 0.280. The van der Waals surface area contributed by atoms with Gasteiger partial charge >= 0.3 is 0 Å². The number of aliphatic hydroxyl groups is 1. The van der Waals surface area contributed by atoms with Gasteiger partial charge in [0.05, 0.1) is 6.04 Å². The molecule has 0 saturated heterocycles. The summed E-state index contributed by atoms with van der Waals surface area (Å²) in [6.45, 7) is 0.119. The van der Waals surface area contributed by atoms with Crippen LogP contribution < -0.4 is 0 Å². The van der Waals surface area contributed by atoms with Crippen LogP contribution in [0.15, 0.2) is 33.9 Å². The zero-order valence-corrected chi connectivity index (χ0v) is 9.76. The van der Waals surface area contributed by atoms with Crippen LogP contribution in [0, 0.1) is 0 Å². The van der Waals surface area contributed by atoms with Gasteiger partial charge in [-0.05, 0) is 36.1 Å². The van der Waals surface area contributed by atoms with E-state index in [-0.39, 0.29) is 12.6 Å². The first-order valence-electron chi connectivity index (χ1n) is 4.68. The Labute approximate surface area is 96.7 Å². The van der Waals surface area contributed by atoms with Crippen molar-refractivity contribution in [2.45, 2.75) is 18.9 Å². The topological polar surface area (TPSA) is 69.0 Å². The molecule has 0 radical (unpaired) electrons. The molecule has 0 saturated carbocycles. The van der Waals surface area contributed by atoms with Crippen LogP contribution in [0.4, 0.5) is 0 Å². The van der Waals surface area contributed by atoms with Crippen molar-refractivity contribution < 1.29 is 5.11 Å². The molecule has 1 N–H and O–H groups in total. The van der Waals surface area contributed by atoms with E-state index in [1.807, 2.05) is 24.3 Å². The van der Waals surface area contributed by atoms with E-state index >= 15 is 0 Å². The maximum Gasteiger partial charge on any atom is 0.0626 e. The van der Waals surface area contributed by atoms with Crippen molar-refractivity contribution in [3.63, 3.8) is 0 Å². The van der Waals surface area contributed by atoms with Crippen LogP contribution in [-0.2, 0) is 0 Å². The molecule has 1 rings (SSSR count). The van der Waals surface area contributed by atoms with Crippen molar-refractivity contribution >= 4 is 15.9 Å². The van der Waals surface area contributed by atoms with Crippen LogP contribution in [0.5, 0.6) is 0 Å². The van der Waals surface area contributed by atoms with E-state index in [2.05, 4.69) is 26.0 Å². The number of aliphatic hydroxyl groups excluding tert-OH is 1. The second-order valence-electron chi connectivity index (χ2n) is 3.14. The van der Waals surface area contributed by atoms with Crippen LogP contribution in [0.3, 0.4) is 0 Å². The van der Waals surface area contributed by atoms with Crippen LogP contribution in [0.2, 0.25) is 0 Å². The average Bonchev–Trinajstić information content (AvgIpc) is 2.25. The van der Waals surface area contributed by atoms with Gasteiger partial charge in [-0.2, -0.15) is 0 Å². The zero-order chi connectivity index (χ0) is 11.1. The highest BCUT2D eigenvalue weighted by Crippen LogP contribution is 2.24.